The first kappa shape index (κ1) is 13.3. The van der Waals surface area contributed by atoms with Gasteiger partial charge in [-0.3, -0.25) is 0 Å². The molecule has 0 aliphatic heterocycles. The molecule has 0 heterocycles. The molecule has 0 fully saturated rings. The van der Waals surface area contributed by atoms with Crippen molar-refractivity contribution < 1.29 is 20.5 Å². The second kappa shape index (κ2) is 6.39. The zero-order valence-corrected chi connectivity index (χ0v) is 6.18. The minimum Gasteiger partial charge on any atom is -0.870 e. The van der Waals surface area contributed by atoms with Crippen LogP contribution in [0.5, 0.6) is 5.75 Å². The van der Waals surface area contributed by atoms with E-state index in [9.17, 15) is 4.79 Å². The molecule has 2 N–H and O–H groups in total. The molecule has 0 saturated heterocycles. The summed E-state index contributed by atoms with van der Waals surface area (Å²) in [5.74, 6) is 0.504. The van der Waals surface area contributed by atoms with Gasteiger partial charge < -0.3 is 11.0 Å². The summed E-state index contributed by atoms with van der Waals surface area (Å²) >= 11 is 0. The van der Waals surface area contributed by atoms with Gasteiger partial charge in [0.15, 0.2) is 0 Å². The summed E-state index contributed by atoms with van der Waals surface area (Å²) in [5.41, 5.74) is 0.651. The number of carbonyl (C=O) groups excluding carboxylic acids is 1. The molecule has 1 aromatic carbocycles. The van der Waals surface area contributed by atoms with Crippen LogP contribution in [0.2, 0.25) is 0 Å². The summed E-state index contributed by atoms with van der Waals surface area (Å²) in [4.78, 5) is 9.81. The van der Waals surface area contributed by atoms with Crippen LogP contribution >= 0.6 is 0 Å². The van der Waals surface area contributed by atoms with E-state index in [0.717, 1.165) is 0 Å². The number of carbonyl (C=O) groups is 1. The molecule has 0 saturated carbocycles. The van der Waals surface area contributed by atoms with Gasteiger partial charge in [0.25, 0.3) is 0 Å². The smallest absolute Gasteiger partial charge is 0.870 e. The average Bonchev–Trinajstić information content (AvgIpc) is 1.95. The maximum Gasteiger partial charge on any atom is -0.870 e. The van der Waals surface area contributed by atoms with Crippen LogP contribution in [0.3, 0.4) is 0 Å². The molecule has 5 heteroatoms. The molecule has 12 heavy (non-hydrogen) atoms. The monoisotopic (exact) mass is 166 g/mol. The van der Waals surface area contributed by atoms with Crippen LogP contribution in [-0.2, 0) is 4.79 Å². The summed E-state index contributed by atoms with van der Waals surface area (Å²) < 4.78 is 4.52. The third-order valence-corrected chi connectivity index (χ3v) is 1.06. The first-order valence-corrected chi connectivity index (χ1v) is 2.79. The molecule has 1 aromatic rings. The van der Waals surface area contributed by atoms with E-state index in [1.54, 1.807) is 24.3 Å². The maximum absolute atomic E-state index is 9.81. The Morgan fingerprint density at radius 2 is 1.67 bits per heavy atom. The summed E-state index contributed by atoms with van der Waals surface area (Å²) in [7, 11) is 5.38. The van der Waals surface area contributed by atoms with Crippen LogP contribution in [0.1, 0.15) is 0 Å². The van der Waals surface area contributed by atoms with Gasteiger partial charge in [0.1, 0.15) is 0 Å². The van der Waals surface area contributed by atoms with Crippen molar-refractivity contribution in [1.82, 2.24) is 0 Å². The molecule has 0 aliphatic rings. The van der Waals surface area contributed by atoms with Crippen molar-refractivity contribution in [3.63, 3.8) is 0 Å². The molecular weight excluding hydrogens is 159 g/mol. The Balaban J connectivity index is 0. The molecule has 0 spiro atoms. The summed E-state index contributed by atoms with van der Waals surface area (Å²) in [6.07, 6.45) is 0. The van der Waals surface area contributed by atoms with E-state index in [1.807, 2.05) is 0 Å². The normalized spacial score (nSPS) is 7.50. The van der Waals surface area contributed by atoms with Crippen molar-refractivity contribution in [3.8, 4) is 5.75 Å². The van der Waals surface area contributed by atoms with E-state index in [1.165, 1.54) is 0 Å². The maximum atomic E-state index is 9.81. The van der Waals surface area contributed by atoms with Gasteiger partial charge in [0.2, 0.25) is 0 Å². The van der Waals surface area contributed by atoms with Gasteiger partial charge in [0, 0.05) is 0 Å². The summed E-state index contributed by atoms with van der Waals surface area (Å²) in [6.45, 7) is 0.380. The molecule has 0 aliphatic carbocycles. The molecular formula is C7H7BO4. The number of benzene rings is 1. The Morgan fingerprint density at radius 3 is 2.08 bits per heavy atom. The quantitative estimate of drug-likeness (QED) is 0.444. The summed E-state index contributed by atoms with van der Waals surface area (Å²) in [6, 6.07) is 6.59. The van der Waals surface area contributed by atoms with Gasteiger partial charge in [-0.05, 0) is 0 Å². The number of hydrogen-bond acceptors (Lipinski definition) is 4. The number of hydrogen-bond donors (Lipinski definition) is 0. The van der Waals surface area contributed by atoms with Crippen molar-refractivity contribution >= 4 is 19.8 Å². The molecule has 0 unspecified atom stereocenters. The van der Waals surface area contributed by atoms with Crippen molar-refractivity contribution in [1.29, 1.82) is 0 Å². The summed E-state index contributed by atoms with van der Waals surface area (Å²) in [5, 5.41) is 0. The van der Waals surface area contributed by atoms with E-state index in [-0.39, 0.29) is 11.0 Å². The molecule has 4 nitrogen and oxygen atoms in total. The standard InChI is InChI=1S/C7H5BO2.2H2O/c8-6-1-3-7(4-2-6)10-5-9;;/h1-5H;2*1H2/q+2;;/p-2. The van der Waals surface area contributed by atoms with Crippen LogP contribution < -0.4 is 10.2 Å². The molecule has 0 bridgehead atoms. The Morgan fingerprint density at radius 1 is 1.17 bits per heavy atom. The van der Waals surface area contributed by atoms with Gasteiger partial charge in [-0.15, -0.1) is 0 Å². The first-order valence-electron chi connectivity index (χ1n) is 2.79. The van der Waals surface area contributed by atoms with Crippen molar-refractivity contribution in [3.05, 3.63) is 24.3 Å². The van der Waals surface area contributed by atoms with Crippen molar-refractivity contribution in [2.75, 3.05) is 0 Å². The first-order chi connectivity index (χ1) is 4.83. The zero-order valence-electron chi connectivity index (χ0n) is 6.18. The molecule has 0 aromatic heterocycles. The Bertz CT molecular complexity index is 221. The van der Waals surface area contributed by atoms with Gasteiger partial charge in [-0.1, -0.05) is 0 Å². The van der Waals surface area contributed by atoms with Crippen LogP contribution in [0.4, 0.5) is 0 Å². The zero-order chi connectivity index (χ0) is 7.40. The molecule has 0 amide bonds. The number of ether oxygens (including phenoxy) is 1. The molecule has 0 radical (unpaired) electrons. The van der Waals surface area contributed by atoms with E-state index < -0.39 is 0 Å². The van der Waals surface area contributed by atoms with Crippen molar-refractivity contribution in [2.45, 2.75) is 0 Å². The van der Waals surface area contributed by atoms with E-state index in [0.29, 0.717) is 17.7 Å². The van der Waals surface area contributed by atoms with Crippen molar-refractivity contribution in [2.24, 2.45) is 0 Å². The predicted octanol–water partition coefficient (Wildman–Crippen LogP) is -0.338. The topological polar surface area (TPSA) is 86.3 Å². The van der Waals surface area contributed by atoms with Crippen LogP contribution in [0.15, 0.2) is 24.3 Å². The predicted molar refractivity (Wildman–Crippen MR) is 42.4 cm³/mol. The Hall–Kier alpha value is -1.33. The fourth-order valence-electron chi connectivity index (χ4n) is 0.602. The second-order valence-corrected chi connectivity index (χ2v) is 1.78. The van der Waals surface area contributed by atoms with Gasteiger partial charge in [-0.2, -0.15) is 0 Å². The van der Waals surface area contributed by atoms with E-state index in [4.69, 9.17) is 7.85 Å². The van der Waals surface area contributed by atoms with Gasteiger partial charge in [0.05, 0.1) is 0 Å². The van der Waals surface area contributed by atoms with Crippen LogP contribution in [0.25, 0.3) is 0 Å². The number of rotatable bonds is 2. The van der Waals surface area contributed by atoms with Crippen LogP contribution in [-0.4, -0.2) is 25.3 Å². The molecule has 1 rings (SSSR count). The largest absolute Gasteiger partial charge is 0.870 e. The van der Waals surface area contributed by atoms with Gasteiger partial charge in [-0.25, -0.2) is 0 Å². The molecule has 62 valence electrons. The third-order valence-electron chi connectivity index (χ3n) is 1.06. The fraction of sp³-hybridized carbons (Fsp3) is 0. The third kappa shape index (κ3) is 3.75. The Labute approximate surface area is 71.2 Å². The second-order valence-electron chi connectivity index (χ2n) is 1.78. The minimum atomic E-state index is 0. The van der Waals surface area contributed by atoms with Crippen LogP contribution in [0, 0.1) is 0 Å². The molecule has 0 atom stereocenters. The van der Waals surface area contributed by atoms with E-state index >= 15 is 0 Å². The minimum absolute atomic E-state index is 0. The van der Waals surface area contributed by atoms with E-state index in [2.05, 4.69) is 4.74 Å². The average molecular weight is 166 g/mol. The SMILES string of the molecule is [B+2]c1ccc(OC=O)cc1.[OH-].[OH-]. The fourth-order valence-corrected chi connectivity index (χ4v) is 0.602. The van der Waals surface area contributed by atoms with Gasteiger partial charge >= 0.3 is 59.3 Å². The Kier molecular flexibility index (Phi) is 7.07.